The summed E-state index contributed by atoms with van der Waals surface area (Å²) >= 11 is 1.69. The zero-order valence-electron chi connectivity index (χ0n) is 11.0. The molecular weight excluding hydrogens is 270 g/mol. The summed E-state index contributed by atoms with van der Waals surface area (Å²) < 4.78 is 0. The summed E-state index contributed by atoms with van der Waals surface area (Å²) in [6.07, 6.45) is 0. The molecule has 0 saturated heterocycles. The van der Waals surface area contributed by atoms with Gasteiger partial charge in [-0.15, -0.1) is 11.8 Å². The number of fused-ring (bicyclic) bond motifs is 1. The molecule has 2 aromatic carbocycles. The fraction of sp³-hybridized carbons (Fsp3) is 0.125. The number of hydrogen-bond donors (Lipinski definition) is 0. The SMILES string of the molecule is CN1C(=O)C(=O)c2ccc(SCc3ccccc3)cc21. The fourth-order valence-corrected chi connectivity index (χ4v) is 3.07. The van der Waals surface area contributed by atoms with Crippen molar-refractivity contribution < 1.29 is 9.59 Å². The van der Waals surface area contributed by atoms with Crippen molar-refractivity contribution in [3.8, 4) is 0 Å². The van der Waals surface area contributed by atoms with Crippen molar-refractivity contribution in [1.82, 2.24) is 0 Å². The maximum atomic E-state index is 11.7. The summed E-state index contributed by atoms with van der Waals surface area (Å²) in [5, 5.41) is 0. The molecule has 1 amide bonds. The van der Waals surface area contributed by atoms with Crippen LogP contribution in [0.3, 0.4) is 0 Å². The van der Waals surface area contributed by atoms with Crippen LogP contribution < -0.4 is 4.90 Å². The van der Waals surface area contributed by atoms with Crippen LogP contribution in [0.5, 0.6) is 0 Å². The molecule has 3 nitrogen and oxygen atoms in total. The predicted octanol–water partition coefficient (Wildman–Crippen LogP) is 3.14. The van der Waals surface area contributed by atoms with E-state index in [0.29, 0.717) is 11.3 Å². The second-order valence-corrected chi connectivity index (χ2v) is 5.70. The Balaban J connectivity index is 1.80. The number of benzene rings is 2. The topological polar surface area (TPSA) is 37.4 Å². The first-order valence-electron chi connectivity index (χ1n) is 6.30. The average Bonchev–Trinajstić information content (AvgIpc) is 2.71. The van der Waals surface area contributed by atoms with Crippen LogP contribution in [0.25, 0.3) is 0 Å². The first-order valence-corrected chi connectivity index (χ1v) is 7.28. The number of anilines is 1. The number of hydrogen-bond acceptors (Lipinski definition) is 3. The molecule has 20 heavy (non-hydrogen) atoms. The van der Waals surface area contributed by atoms with Crippen molar-refractivity contribution in [2.75, 3.05) is 11.9 Å². The summed E-state index contributed by atoms with van der Waals surface area (Å²) in [5.41, 5.74) is 2.46. The van der Waals surface area contributed by atoms with Gasteiger partial charge < -0.3 is 4.90 Å². The van der Waals surface area contributed by atoms with Crippen molar-refractivity contribution in [2.24, 2.45) is 0 Å². The highest BCUT2D eigenvalue weighted by Crippen LogP contribution is 2.33. The highest BCUT2D eigenvalue weighted by molar-refractivity contribution is 7.98. The minimum atomic E-state index is -0.454. The molecule has 100 valence electrons. The number of rotatable bonds is 3. The van der Waals surface area contributed by atoms with Gasteiger partial charge in [0.2, 0.25) is 0 Å². The monoisotopic (exact) mass is 283 g/mol. The molecular formula is C16H13NO2S. The van der Waals surface area contributed by atoms with Gasteiger partial charge in [-0.05, 0) is 23.8 Å². The van der Waals surface area contributed by atoms with Gasteiger partial charge in [0.1, 0.15) is 0 Å². The Labute approximate surface area is 121 Å². The number of Topliss-reactive ketones (excluding diaryl/α,β-unsaturated/α-hetero) is 1. The maximum Gasteiger partial charge on any atom is 0.299 e. The van der Waals surface area contributed by atoms with Gasteiger partial charge in [-0.3, -0.25) is 9.59 Å². The number of nitrogens with zero attached hydrogens (tertiary/aromatic N) is 1. The van der Waals surface area contributed by atoms with Crippen molar-refractivity contribution in [2.45, 2.75) is 10.6 Å². The Morgan fingerprint density at radius 3 is 2.55 bits per heavy atom. The molecule has 0 bridgehead atoms. The zero-order valence-corrected chi connectivity index (χ0v) is 11.8. The molecule has 4 heteroatoms. The van der Waals surface area contributed by atoms with Crippen LogP contribution in [0.1, 0.15) is 15.9 Å². The molecule has 0 aromatic heterocycles. The maximum absolute atomic E-state index is 11.7. The van der Waals surface area contributed by atoms with E-state index in [4.69, 9.17) is 0 Å². The van der Waals surface area contributed by atoms with E-state index < -0.39 is 11.7 Å². The van der Waals surface area contributed by atoms with Gasteiger partial charge in [0, 0.05) is 17.7 Å². The van der Waals surface area contributed by atoms with Crippen LogP contribution in [0.2, 0.25) is 0 Å². The van der Waals surface area contributed by atoms with E-state index in [0.717, 1.165) is 10.6 Å². The van der Waals surface area contributed by atoms with Crippen LogP contribution in [-0.2, 0) is 10.5 Å². The Bertz CT molecular complexity index is 682. The number of amides is 1. The highest BCUT2D eigenvalue weighted by atomic mass is 32.2. The summed E-state index contributed by atoms with van der Waals surface area (Å²) in [5.74, 6) is -0.00192. The highest BCUT2D eigenvalue weighted by Gasteiger charge is 2.33. The van der Waals surface area contributed by atoms with Crippen LogP contribution in [0, 0.1) is 0 Å². The Morgan fingerprint density at radius 1 is 1.05 bits per heavy atom. The van der Waals surface area contributed by atoms with E-state index in [2.05, 4.69) is 12.1 Å². The lowest BCUT2D eigenvalue weighted by Crippen LogP contribution is -2.24. The van der Waals surface area contributed by atoms with Gasteiger partial charge in [0.25, 0.3) is 11.7 Å². The largest absolute Gasteiger partial charge is 0.308 e. The fourth-order valence-electron chi connectivity index (χ4n) is 2.19. The Morgan fingerprint density at radius 2 is 1.80 bits per heavy atom. The van der Waals surface area contributed by atoms with Crippen molar-refractivity contribution >= 4 is 29.1 Å². The van der Waals surface area contributed by atoms with Crippen LogP contribution in [0.15, 0.2) is 53.4 Å². The van der Waals surface area contributed by atoms with Gasteiger partial charge in [-0.1, -0.05) is 30.3 Å². The van der Waals surface area contributed by atoms with Gasteiger partial charge >= 0.3 is 0 Å². The number of carbonyl (C=O) groups excluding carboxylic acids is 2. The normalized spacial score (nSPS) is 13.8. The zero-order chi connectivity index (χ0) is 14.1. The van der Waals surface area contributed by atoms with Gasteiger partial charge in [-0.25, -0.2) is 0 Å². The molecule has 3 rings (SSSR count). The molecule has 0 unspecified atom stereocenters. The molecule has 0 spiro atoms. The van der Waals surface area contributed by atoms with E-state index in [-0.39, 0.29) is 0 Å². The Hall–Kier alpha value is -2.07. The number of thioether (sulfide) groups is 1. The van der Waals surface area contributed by atoms with E-state index >= 15 is 0 Å². The first-order chi connectivity index (χ1) is 9.66. The molecule has 2 aromatic rings. The van der Waals surface area contributed by atoms with Crippen LogP contribution in [-0.4, -0.2) is 18.7 Å². The molecule has 0 aliphatic carbocycles. The smallest absolute Gasteiger partial charge is 0.299 e. The third kappa shape index (κ3) is 2.23. The van der Waals surface area contributed by atoms with Gasteiger partial charge in [0.05, 0.1) is 11.3 Å². The molecule has 1 aliphatic heterocycles. The molecule has 1 aliphatic rings. The van der Waals surface area contributed by atoms with Crippen molar-refractivity contribution in [1.29, 1.82) is 0 Å². The lowest BCUT2D eigenvalue weighted by atomic mass is 10.1. The summed E-state index contributed by atoms with van der Waals surface area (Å²) in [6.45, 7) is 0. The van der Waals surface area contributed by atoms with Gasteiger partial charge in [0.15, 0.2) is 0 Å². The summed E-state index contributed by atoms with van der Waals surface area (Å²) in [7, 11) is 1.64. The second kappa shape index (κ2) is 5.13. The predicted molar refractivity (Wildman–Crippen MR) is 80.2 cm³/mol. The molecule has 0 fully saturated rings. The van der Waals surface area contributed by atoms with Gasteiger partial charge in [-0.2, -0.15) is 0 Å². The lowest BCUT2D eigenvalue weighted by Gasteiger charge is -2.10. The van der Waals surface area contributed by atoms with Crippen molar-refractivity contribution in [3.05, 3.63) is 59.7 Å². The number of likely N-dealkylation sites (N-methyl/N-ethyl adjacent to an activating group) is 1. The van der Waals surface area contributed by atoms with E-state index in [1.165, 1.54) is 10.5 Å². The van der Waals surface area contributed by atoms with E-state index in [9.17, 15) is 9.59 Å². The molecule has 0 saturated carbocycles. The molecule has 1 heterocycles. The quantitative estimate of drug-likeness (QED) is 0.641. The molecule has 0 N–H and O–H groups in total. The minimum absolute atomic E-state index is 0.415. The third-order valence-corrected chi connectivity index (χ3v) is 4.39. The summed E-state index contributed by atoms with van der Waals surface area (Å²) in [4.78, 5) is 25.8. The van der Waals surface area contributed by atoms with E-state index in [1.54, 1.807) is 24.9 Å². The molecule has 0 atom stereocenters. The first kappa shape index (κ1) is 12.9. The minimum Gasteiger partial charge on any atom is -0.308 e. The van der Waals surface area contributed by atoms with Crippen LogP contribution in [0.4, 0.5) is 5.69 Å². The molecule has 0 radical (unpaired) electrons. The van der Waals surface area contributed by atoms with Crippen molar-refractivity contribution in [3.63, 3.8) is 0 Å². The summed E-state index contributed by atoms with van der Waals surface area (Å²) in [6, 6.07) is 15.7. The number of ketones is 1. The second-order valence-electron chi connectivity index (χ2n) is 4.65. The number of carbonyl (C=O) groups is 2. The average molecular weight is 283 g/mol. The standard InChI is InChI=1S/C16H13NO2S/c1-17-14-9-12(7-8-13(14)15(18)16(17)19)20-10-11-5-3-2-4-6-11/h2-9H,10H2,1H3. The lowest BCUT2D eigenvalue weighted by molar-refractivity contribution is -0.114. The Kier molecular flexibility index (Phi) is 3.32. The third-order valence-electron chi connectivity index (χ3n) is 3.32. The van der Waals surface area contributed by atoms with E-state index in [1.807, 2.05) is 30.3 Å². The van der Waals surface area contributed by atoms with Crippen LogP contribution >= 0.6 is 11.8 Å².